The molecule has 1 heterocycles. The molecule has 0 bridgehead atoms. The van der Waals surface area contributed by atoms with Gasteiger partial charge in [-0.15, -0.1) is 0 Å². The average Bonchev–Trinajstić information content (AvgIpc) is 3.03. The summed E-state index contributed by atoms with van der Waals surface area (Å²) in [5.41, 5.74) is 1.55. The molecule has 3 rings (SSSR count). The fourth-order valence-electron chi connectivity index (χ4n) is 2.66. The van der Waals surface area contributed by atoms with Gasteiger partial charge < -0.3 is 10.2 Å². The molecular formula is C18H17F4N2O+. The van der Waals surface area contributed by atoms with Crippen LogP contribution in [0.25, 0.3) is 0 Å². The molecule has 1 atom stereocenters. The Balaban J connectivity index is 1.46. The normalized spacial score (nSPS) is 17.3. The summed E-state index contributed by atoms with van der Waals surface area (Å²) >= 11 is 0. The molecule has 2 aromatic carbocycles. The van der Waals surface area contributed by atoms with E-state index in [0.29, 0.717) is 30.8 Å². The molecule has 7 heteroatoms. The number of hydrogen-bond acceptors (Lipinski definition) is 2. The molecule has 0 fully saturated rings. The molecule has 2 aromatic rings. The van der Waals surface area contributed by atoms with E-state index in [2.05, 4.69) is 5.16 Å². The van der Waals surface area contributed by atoms with Gasteiger partial charge in [-0.25, -0.2) is 4.39 Å². The van der Waals surface area contributed by atoms with Crippen LogP contribution in [0.5, 0.6) is 0 Å². The standard InChI is InChI=1S/C18H16F4N2O/c19-15-3-1-2-13(8-15)17-9-16(25-24-17)11-23-10-12-4-6-14(7-5-12)18(20,21)22/h1-8,16,23H,9-11H2/p+1/t16-/m1/s1. The molecule has 1 aliphatic rings. The highest BCUT2D eigenvalue weighted by molar-refractivity contribution is 6.01. The minimum atomic E-state index is -4.31. The Hall–Kier alpha value is -2.41. The van der Waals surface area contributed by atoms with E-state index in [-0.39, 0.29) is 11.9 Å². The summed E-state index contributed by atoms with van der Waals surface area (Å²) in [6, 6.07) is 11.3. The molecule has 3 nitrogen and oxygen atoms in total. The van der Waals surface area contributed by atoms with Crippen molar-refractivity contribution in [3.8, 4) is 0 Å². The van der Waals surface area contributed by atoms with Crippen molar-refractivity contribution in [2.45, 2.75) is 25.2 Å². The van der Waals surface area contributed by atoms with E-state index in [1.54, 1.807) is 12.1 Å². The van der Waals surface area contributed by atoms with E-state index in [4.69, 9.17) is 4.84 Å². The fraction of sp³-hybridized carbons (Fsp3) is 0.278. The van der Waals surface area contributed by atoms with Crippen molar-refractivity contribution in [3.63, 3.8) is 0 Å². The first-order valence-corrected chi connectivity index (χ1v) is 7.88. The van der Waals surface area contributed by atoms with Crippen LogP contribution >= 0.6 is 0 Å². The molecule has 0 saturated heterocycles. The van der Waals surface area contributed by atoms with Gasteiger partial charge in [-0.05, 0) is 24.3 Å². The molecule has 0 unspecified atom stereocenters. The maximum Gasteiger partial charge on any atom is 0.416 e. The number of nitrogens with zero attached hydrogens (tertiary/aromatic N) is 1. The first-order chi connectivity index (χ1) is 11.9. The van der Waals surface area contributed by atoms with Crippen molar-refractivity contribution in [1.29, 1.82) is 0 Å². The van der Waals surface area contributed by atoms with E-state index in [1.807, 2.05) is 5.32 Å². The lowest BCUT2D eigenvalue weighted by molar-refractivity contribution is -0.676. The highest BCUT2D eigenvalue weighted by Gasteiger charge is 2.30. The summed E-state index contributed by atoms with van der Waals surface area (Å²) in [6.07, 6.45) is -3.87. The predicted octanol–water partition coefficient (Wildman–Crippen LogP) is 3.10. The van der Waals surface area contributed by atoms with Gasteiger partial charge in [0.1, 0.15) is 18.9 Å². The van der Waals surface area contributed by atoms with Gasteiger partial charge in [0.15, 0.2) is 6.10 Å². The van der Waals surface area contributed by atoms with E-state index in [9.17, 15) is 17.6 Å². The van der Waals surface area contributed by atoms with Crippen molar-refractivity contribution in [2.75, 3.05) is 6.54 Å². The molecular weight excluding hydrogens is 336 g/mol. The van der Waals surface area contributed by atoms with Crippen LogP contribution in [0.15, 0.2) is 53.7 Å². The zero-order valence-corrected chi connectivity index (χ0v) is 13.3. The Morgan fingerprint density at radius 2 is 1.88 bits per heavy atom. The highest BCUT2D eigenvalue weighted by Crippen LogP contribution is 2.28. The zero-order chi connectivity index (χ0) is 17.9. The molecule has 2 N–H and O–H groups in total. The van der Waals surface area contributed by atoms with Gasteiger partial charge in [0.2, 0.25) is 0 Å². The van der Waals surface area contributed by atoms with Crippen LogP contribution in [0.4, 0.5) is 17.6 Å². The van der Waals surface area contributed by atoms with Crippen molar-refractivity contribution >= 4 is 5.71 Å². The van der Waals surface area contributed by atoms with Gasteiger partial charge in [-0.1, -0.05) is 29.4 Å². The lowest BCUT2D eigenvalue weighted by Gasteiger charge is -2.09. The lowest BCUT2D eigenvalue weighted by Crippen LogP contribution is -2.84. The van der Waals surface area contributed by atoms with E-state index < -0.39 is 11.7 Å². The quantitative estimate of drug-likeness (QED) is 0.825. The third-order valence-corrected chi connectivity index (χ3v) is 3.98. The van der Waals surface area contributed by atoms with Crippen LogP contribution < -0.4 is 5.32 Å². The molecule has 0 saturated carbocycles. The maximum atomic E-state index is 13.2. The van der Waals surface area contributed by atoms with E-state index >= 15 is 0 Å². The van der Waals surface area contributed by atoms with Crippen molar-refractivity contribution < 1.29 is 27.7 Å². The molecule has 0 amide bonds. The number of hydrogen-bond donors (Lipinski definition) is 1. The van der Waals surface area contributed by atoms with Gasteiger partial charge in [-0.3, -0.25) is 0 Å². The van der Waals surface area contributed by atoms with Crippen molar-refractivity contribution in [1.82, 2.24) is 0 Å². The second-order valence-electron chi connectivity index (χ2n) is 5.90. The summed E-state index contributed by atoms with van der Waals surface area (Å²) in [7, 11) is 0. The fourth-order valence-corrected chi connectivity index (χ4v) is 2.66. The number of halogens is 4. The number of oxime groups is 1. The number of nitrogens with two attached hydrogens (primary N) is 1. The first kappa shape index (κ1) is 17.4. The Kier molecular flexibility index (Phi) is 5.03. The van der Waals surface area contributed by atoms with Gasteiger partial charge >= 0.3 is 6.18 Å². The van der Waals surface area contributed by atoms with Crippen molar-refractivity contribution in [2.24, 2.45) is 5.16 Å². The third-order valence-electron chi connectivity index (χ3n) is 3.98. The second kappa shape index (κ2) is 7.23. The summed E-state index contributed by atoms with van der Waals surface area (Å²) in [5, 5.41) is 5.95. The average molecular weight is 353 g/mol. The Bertz CT molecular complexity index is 756. The Morgan fingerprint density at radius 3 is 2.56 bits per heavy atom. The summed E-state index contributed by atoms with van der Waals surface area (Å²) < 4.78 is 50.8. The minimum Gasteiger partial charge on any atom is -0.386 e. The number of rotatable bonds is 5. The molecule has 132 valence electrons. The lowest BCUT2D eigenvalue weighted by atomic mass is 10.0. The first-order valence-electron chi connectivity index (χ1n) is 7.88. The monoisotopic (exact) mass is 353 g/mol. The van der Waals surface area contributed by atoms with E-state index in [0.717, 1.165) is 17.7 Å². The van der Waals surface area contributed by atoms with Crippen LogP contribution in [0.1, 0.15) is 23.1 Å². The smallest absolute Gasteiger partial charge is 0.386 e. The molecule has 0 aliphatic carbocycles. The van der Waals surface area contributed by atoms with Crippen molar-refractivity contribution in [3.05, 3.63) is 71.0 Å². The van der Waals surface area contributed by atoms with Gasteiger partial charge in [0, 0.05) is 17.5 Å². The molecule has 0 radical (unpaired) electrons. The summed E-state index contributed by atoms with van der Waals surface area (Å²) in [6.45, 7) is 1.16. The molecule has 1 aliphatic heterocycles. The Labute approximate surface area is 142 Å². The largest absolute Gasteiger partial charge is 0.416 e. The minimum absolute atomic E-state index is 0.132. The zero-order valence-electron chi connectivity index (χ0n) is 13.3. The second-order valence-corrected chi connectivity index (χ2v) is 5.90. The van der Waals surface area contributed by atoms with Crippen LogP contribution in [-0.2, 0) is 17.6 Å². The molecule has 0 aromatic heterocycles. The third kappa shape index (κ3) is 4.57. The summed E-state index contributed by atoms with van der Waals surface area (Å²) in [5.74, 6) is -0.322. The predicted molar refractivity (Wildman–Crippen MR) is 84.4 cm³/mol. The number of alkyl halides is 3. The number of benzene rings is 2. The van der Waals surface area contributed by atoms with Crippen LogP contribution in [-0.4, -0.2) is 18.4 Å². The molecule has 0 spiro atoms. The van der Waals surface area contributed by atoms with Gasteiger partial charge in [-0.2, -0.15) is 13.2 Å². The van der Waals surface area contributed by atoms with Gasteiger partial charge in [0.25, 0.3) is 0 Å². The molecule has 25 heavy (non-hydrogen) atoms. The highest BCUT2D eigenvalue weighted by atomic mass is 19.4. The Morgan fingerprint density at radius 1 is 1.12 bits per heavy atom. The van der Waals surface area contributed by atoms with Crippen LogP contribution in [0.3, 0.4) is 0 Å². The van der Waals surface area contributed by atoms with E-state index in [1.165, 1.54) is 24.3 Å². The topological polar surface area (TPSA) is 38.2 Å². The van der Waals surface area contributed by atoms with Gasteiger partial charge in [0.05, 0.1) is 11.3 Å². The maximum absolute atomic E-state index is 13.2. The van der Waals surface area contributed by atoms with Crippen LogP contribution in [0.2, 0.25) is 0 Å². The summed E-state index contributed by atoms with van der Waals surface area (Å²) in [4.78, 5) is 5.35. The SMILES string of the molecule is Fc1cccc(C2=NO[C@@H](C[NH2+]Cc3ccc(C(F)(F)F)cc3)C2)c1. The van der Waals surface area contributed by atoms with Crippen LogP contribution in [0, 0.1) is 5.82 Å². The number of quaternary nitrogens is 1.